The van der Waals surface area contributed by atoms with Crippen LogP contribution in [-0.2, 0) is 38.7 Å². The topological polar surface area (TPSA) is 0 Å². The predicted octanol–water partition coefficient (Wildman–Crippen LogP) is 4.47. The van der Waals surface area contributed by atoms with Crippen molar-refractivity contribution in [3.63, 3.8) is 0 Å². The molecule has 0 spiro atoms. The zero-order chi connectivity index (χ0) is 11.0. The van der Waals surface area contributed by atoms with Gasteiger partial charge in [-0.25, -0.2) is 0 Å². The number of allylic oxidation sites excluding steroid dienone is 1. The van der Waals surface area contributed by atoms with E-state index in [0.29, 0.717) is 5.92 Å². The third-order valence-electron chi connectivity index (χ3n) is 4.09. The molecule has 0 aliphatic heterocycles. The van der Waals surface area contributed by atoms with Gasteiger partial charge in [-0.3, -0.25) is 0 Å². The fourth-order valence-corrected chi connectivity index (χ4v) is 3.33. The van der Waals surface area contributed by atoms with Crippen LogP contribution in [0.15, 0.2) is 18.2 Å². The molecule has 0 bridgehead atoms. The second-order valence-corrected chi connectivity index (χ2v) is 5.17. The Morgan fingerprint density at radius 3 is 2.82 bits per heavy atom. The molecule has 1 atom stereocenters. The van der Waals surface area contributed by atoms with Crippen LogP contribution in [0.25, 0.3) is 6.08 Å². The van der Waals surface area contributed by atoms with Crippen LogP contribution in [0.2, 0.25) is 0 Å². The first kappa shape index (κ1) is 13.3. The van der Waals surface area contributed by atoms with Gasteiger partial charge in [0, 0.05) is 31.8 Å². The Balaban J connectivity index is 0.00000108. The van der Waals surface area contributed by atoms with Crippen LogP contribution < -0.4 is 0 Å². The SMILES string of the molecule is CCCC1C=Cc2ccc3c(c21)CCCC3.[Hf]. The second kappa shape index (κ2) is 5.65. The summed E-state index contributed by atoms with van der Waals surface area (Å²) in [6.45, 7) is 2.29. The van der Waals surface area contributed by atoms with Gasteiger partial charge in [-0.15, -0.1) is 0 Å². The summed E-state index contributed by atoms with van der Waals surface area (Å²) >= 11 is 0. The summed E-state index contributed by atoms with van der Waals surface area (Å²) in [7, 11) is 0. The maximum absolute atomic E-state index is 2.42. The Hall–Kier alpha value is -0.170. The minimum absolute atomic E-state index is 0. The first-order chi connectivity index (χ1) is 7.90. The molecule has 3 rings (SSSR count). The molecule has 1 heteroatoms. The Labute approximate surface area is 123 Å². The molecule has 0 nitrogen and oxygen atoms in total. The number of fused-ring (bicyclic) bond motifs is 3. The Bertz CT molecular complexity index is 431. The summed E-state index contributed by atoms with van der Waals surface area (Å²) in [5, 5.41) is 0. The molecule has 2 aliphatic rings. The summed E-state index contributed by atoms with van der Waals surface area (Å²) < 4.78 is 0. The maximum atomic E-state index is 2.42. The predicted molar refractivity (Wildman–Crippen MR) is 69.8 cm³/mol. The van der Waals surface area contributed by atoms with Gasteiger partial charge in [-0.05, 0) is 54.4 Å². The van der Waals surface area contributed by atoms with Crippen LogP contribution in [-0.4, -0.2) is 0 Å². The van der Waals surface area contributed by atoms with Crippen molar-refractivity contribution in [3.8, 4) is 0 Å². The average Bonchev–Trinajstić information content (AvgIpc) is 2.73. The Morgan fingerprint density at radius 1 is 1.18 bits per heavy atom. The van der Waals surface area contributed by atoms with Crippen molar-refractivity contribution >= 4 is 6.08 Å². The van der Waals surface area contributed by atoms with Gasteiger partial charge in [0.05, 0.1) is 0 Å². The van der Waals surface area contributed by atoms with Crippen LogP contribution in [0.3, 0.4) is 0 Å². The van der Waals surface area contributed by atoms with Crippen molar-refractivity contribution < 1.29 is 25.8 Å². The fourth-order valence-electron chi connectivity index (χ4n) is 3.33. The van der Waals surface area contributed by atoms with Gasteiger partial charge >= 0.3 is 0 Å². The molecule has 1 aromatic carbocycles. The van der Waals surface area contributed by atoms with Crippen molar-refractivity contribution in [1.29, 1.82) is 0 Å². The van der Waals surface area contributed by atoms with E-state index in [1.165, 1.54) is 44.1 Å². The summed E-state index contributed by atoms with van der Waals surface area (Å²) in [4.78, 5) is 0. The van der Waals surface area contributed by atoms with Crippen molar-refractivity contribution in [1.82, 2.24) is 0 Å². The number of aryl methyl sites for hydroxylation is 1. The minimum atomic E-state index is 0. The van der Waals surface area contributed by atoms with E-state index in [1.807, 2.05) is 0 Å². The summed E-state index contributed by atoms with van der Waals surface area (Å²) in [5.41, 5.74) is 6.51. The van der Waals surface area contributed by atoms with E-state index in [9.17, 15) is 0 Å². The first-order valence-electron chi connectivity index (χ1n) is 6.73. The van der Waals surface area contributed by atoms with E-state index < -0.39 is 0 Å². The molecule has 0 aromatic heterocycles. The number of rotatable bonds is 2. The van der Waals surface area contributed by atoms with Crippen LogP contribution >= 0.6 is 0 Å². The molecule has 0 fully saturated rings. The van der Waals surface area contributed by atoms with Crippen LogP contribution in [0.5, 0.6) is 0 Å². The molecule has 17 heavy (non-hydrogen) atoms. The van der Waals surface area contributed by atoms with Crippen LogP contribution in [0.4, 0.5) is 0 Å². The Kier molecular flexibility index (Phi) is 4.41. The van der Waals surface area contributed by atoms with Gasteiger partial charge < -0.3 is 0 Å². The number of hydrogen-bond donors (Lipinski definition) is 0. The van der Waals surface area contributed by atoms with Crippen molar-refractivity contribution in [2.45, 2.75) is 51.4 Å². The minimum Gasteiger partial charge on any atom is -0.0764 e. The van der Waals surface area contributed by atoms with Crippen molar-refractivity contribution in [3.05, 3.63) is 40.5 Å². The normalized spacial score (nSPS) is 20.6. The molecule has 88 valence electrons. The third kappa shape index (κ3) is 2.36. The Morgan fingerprint density at radius 2 is 2.00 bits per heavy atom. The third-order valence-corrected chi connectivity index (χ3v) is 4.09. The van der Waals surface area contributed by atoms with Crippen LogP contribution in [0.1, 0.15) is 60.8 Å². The molecular weight excluding hydrogens is 371 g/mol. The molecule has 1 aromatic rings. The van der Waals surface area contributed by atoms with Crippen molar-refractivity contribution in [2.24, 2.45) is 0 Å². The quantitative estimate of drug-likeness (QED) is 0.653. The van der Waals surface area contributed by atoms with E-state index in [4.69, 9.17) is 0 Å². The molecular formula is C16H20Hf. The molecule has 0 heterocycles. The zero-order valence-corrected chi connectivity index (χ0v) is 14.2. The summed E-state index contributed by atoms with van der Waals surface area (Å²) in [5.74, 6) is 0.716. The van der Waals surface area contributed by atoms with Gasteiger partial charge in [-0.1, -0.05) is 37.6 Å². The maximum Gasteiger partial charge on any atom is 0.00299 e. The molecule has 0 saturated heterocycles. The molecule has 0 radical (unpaired) electrons. The standard InChI is InChI=1S/C16H20.Hf/c1-2-5-13-10-11-14-9-8-12-6-3-4-7-15(12)16(13)14;/h8-11,13H,2-7H2,1H3;. The molecule has 1 unspecified atom stereocenters. The molecule has 0 amide bonds. The van der Waals surface area contributed by atoms with Gasteiger partial charge in [0.2, 0.25) is 0 Å². The second-order valence-electron chi connectivity index (χ2n) is 5.17. The van der Waals surface area contributed by atoms with Gasteiger partial charge in [-0.2, -0.15) is 0 Å². The van der Waals surface area contributed by atoms with E-state index in [-0.39, 0.29) is 25.8 Å². The smallest absolute Gasteiger partial charge is 0.00299 e. The summed E-state index contributed by atoms with van der Waals surface area (Å²) in [6, 6.07) is 4.71. The van der Waals surface area contributed by atoms with Gasteiger partial charge in [0.1, 0.15) is 0 Å². The van der Waals surface area contributed by atoms with E-state index in [1.54, 1.807) is 16.7 Å². The van der Waals surface area contributed by atoms with Gasteiger partial charge in [0.15, 0.2) is 0 Å². The van der Waals surface area contributed by atoms with E-state index >= 15 is 0 Å². The molecule has 0 N–H and O–H groups in total. The van der Waals surface area contributed by atoms with E-state index in [2.05, 4.69) is 31.2 Å². The van der Waals surface area contributed by atoms with Gasteiger partial charge in [0.25, 0.3) is 0 Å². The fraction of sp³-hybridized carbons (Fsp3) is 0.500. The van der Waals surface area contributed by atoms with E-state index in [0.717, 1.165) is 0 Å². The number of benzene rings is 1. The first-order valence-corrected chi connectivity index (χ1v) is 6.73. The monoisotopic (exact) mass is 392 g/mol. The molecule has 2 aliphatic carbocycles. The zero-order valence-electron chi connectivity index (χ0n) is 10.6. The largest absolute Gasteiger partial charge is 0.0764 e. The van der Waals surface area contributed by atoms with Crippen LogP contribution in [0, 0.1) is 0 Å². The summed E-state index contributed by atoms with van der Waals surface area (Å²) in [6.07, 6.45) is 12.8. The van der Waals surface area contributed by atoms with Crippen molar-refractivity contribution in [2.75, 3.05) is 0 Å². The average molecular weight is 391 g/mol. The number of hydrogen-bond acceptors (Lipinski definition) is 0. The molecule has 0 saturated carbocycles.